The van der Waals surface area contributed by atoms with Crippen LogP contribution in [0.4, 0.5) is 5.69 Å². The Hall–Kier alpha value is -2.03. The Kier molecular flexibility index (Phi) is 2.77. The van der Waals surface area contributed by atoms with Crippen molar-refractivity contribution in [2.45, 2.75) is 13.3 Å². The number of carbonyl (C=O) groups is 1. The highest BCUT2D eigenvalue weighted by Gasteiger charge is 2.07. The van der Waals surface area contributed by atoms with Crippen LogP contribution in [0.3, 0.4) is 0 Å². The summed E-state index contributed by atoms with van der Waals surface area (Å²) >= 11 is 0. The fourth-order valence-corrected chi connectivity index (χ4v) is 1.59. The van der Waals surface area contributed by atoms with Crippen LogP contribution < -0.4 is 5.32 Å². The topological polar surface area (TPSA) is 49.3 Å². The van der Waals surface area contributed by atoms with Gasteiger partial charge in [-0.15, -0.1) is 0 Å². The lowest BCUT2D eigenvalue weighted by Crippen LogP contribution is -2.09. The molecule has 0 atom stereocenters. The largest absolute Gasteiger partial charge is 0.505 e. The Bertz CT molecular complexity index is 534. The molecule has 2 aromatic rings. The van der Waals surface area contributed by atoms with Crippen LogP contribution >= 0.6 is 0 Å². The molecule has 0 saturated heterocycles. The summed E-state index contributed by atoms with van der Waals surface area (Å²) in [5.74, 6) is 0.0190. The molecule has 0 bridgehead atoms. The maximum atomic E-state index is 11.2. The zero-order valence-corrected chi connectivity index (χ0v) is 9.03. The Morgan fingerprint density at radius 2 is 2.00 bits per heavy atom. The van der Waals surface area contributed by atoms with Gasteiger partial charge in [-0.2, -0.15) is 0 Å². The summed E-state index contributed by atoms with van der Waals surface area (Å²) in [5, 5.41) is 14.3. The monoisotopic (exact) mass is 215 g/mol. The standard InChI is InChI=1S/C13H13NO2/c1-2-12(15)14-11-8-7-9-5-3-4-6-10(9)13(11)16/h3-8,16H,2H2,1H3,(H,14,15). The summed E-state index contributed by atoms with van der Waals surface area (Å²) in [7, 11) is 0. The molecule has 0 saturated carbocycles. The number of carbonyl (C=O) groups excluding carboxylic acids is 1. The maximum Gasteiger partial charge on any atom is 0.224 e. The molecular formula is C13H13NO2. The van der Waals surface area contributed by atoms with Crippen LogP contribution in [0, 0.1) is 0 Å². The normalized spacial score (nSPS) is 10.3. The molecule has 0 aromatic heterocycles. The van der Waals surface area contributed by atoms with Crippen molar-refractivity contribution in [3.63, 3.8) is 0 Å². The van der Waals surface area contributed by atoms with Gasteiger partial charge >= 0.3 is 0 Å². The van der Waals surface area contributed by atoms with Gasteiger partial charge in [0, 0.05) is 11.8 Å². The number of hydrogen-bond acceptors (Lipinski definition) is 2. The Balaban J connectivity index is 2.48. The first-order valence-corrected chi connectivity index (χ1v) is 5.23. The highest BCUT2D eigenvalue weighted by Crippen LogP contribution is 2.32. The van der Waals surface area contributed by atoms with Gasteiger partial charge in [0.2, 0.25) is 5.91 Å². The van der Waals surface area contributed by atoms with Crippen LogP contribution in [-0.4, -0.2) is 11.0 Å². The lowest BCUT2D eigenvalue weighted by molar-refractivity contribution is -0.115. The summed E-state index contributed by atoms with van der Waals surface area (Å²) in [6.45, 7) is 1.77. The lowest BCUT2D eigenvalue weighted by Gasteiger charge is -2.08. The molecule has 0 fully saturated rings. The highest BCUT2D eigenvalue weighted by molar-refractivity contribution is 5.99. The van der Waals surface area contributed by atoms with Crippen molar-refractivity contribution in [3.8, 4) is 5.75 Å². The summed E-state index contributed by atoms with van der Waals surface area (Å²) in [6, 6.07) is 11.1. The maximum absolute atomic E-state index is 11.2. The SMILES string of the molecule is CCC(=O)Nc1ccc2ccccc2c1O. The number of rotatable bonds is 2. The Morgan fingerprint density at radius 1 is 1.25 bits per heavy atom. The number of nitrogens with one attached hydrogen (secondary N) is 1. The molecule has 0 unspecified atom stereocenters. The summed E-state index contributed by atoms with van der Waals surface area (Å²) in [4.78, 5) is 11.2. The van der Waals surface area contributed by atoms with Gasteiger partial charge in [0.05, 0.1) is 5.69 Å². The fraction of sp³-hybridized carbons (Fsp3) is 0.154. The van der Waals surface area contributed by atoms with Gasteiger partial charge in [-0.25, -0.2) is 0 Å². The van der Waals surface area contributed by atoms with Gasteiger partial charge in [0.25, 0.3) is 0 Å². The van der Waals surface area contributed by atoms with Crippen molar-refractivity contribution in [2.24, 2.45) is 0 Å². The molecule has 0 spiro atoms. The highest BCUT2D eigenvalue weighted by atomic mass is 16.3. The minimum atomic E-state index is -0.106. The van der Waals surface area contributed by atoms with Crippen molar-refractivity contribution in [1.82, 2.24) is 0 Å². The van der Waals surface area contributed by atoms with Crippen LogP contribution in [0.5, 0.6) is 5.75 Å². The number of benzene rings is 2. The van der Waals surface area contributed by atoms with Crippen molar-refractivity contribution in [1.29, 1.82) is 0 Å². The van der Waals surface area contributed by atoms with Gasteiger partial charge in [0.1, 0.15) is 5.75 Å². The number of phenols is 1. The first-order valence-electron chi connectivity index (χ1n) is 5.23. The molecule has 3 heteroatoms. The molecule has 0 aliphatic carbocycles. The van der Waals surface area contributed by atoms with Gasteiger partial charge in [-0.3, -0.25) is 4.79 Å². The van der Waals surface area contributed by atoms with E-state index in [0.29, 0.717) is 12.1 Å². The summed E-state index contributed by atoms with van der Waals surface area (Å²) < 4.78 is 0. The first kappa shape index (κ1) is 10.5. The predicted molar refractivity (Wildman–Crippen MR) is 64.5 cm³/mol. The van der Waals surface area contributed by atoms with E-state index < -0.39 is 0 Å². The van der Waals surface area contributed by atoms with E-state index in [1.54, 1.807) is 13.0 Å². The molecule has 0 aliphatic heterocycles. The third-order valence-corrected chi connectivity index (χ3v) is 2.50. The summed E-state index contributed by atoms with van der Waals surface area (Å²) in [6.07, 6.45) is 0.395. The van der Waals surface area contributed by atoms with E-state index in [1.165, 1.54) is 0 Å². The average molecular weight is 215 g/mol. The van der Waals surface area contributed by atoms with Crippen LogP contribution in [0.2, 0.25) is 0 Å². The third-order valence-electron chi connectivity index (χ3n) is 2.50. The third kappa shape index (κ3) is 1.84. The van der Waals surface area contributed by atoms with E-state index in [0.717, 1.165) is 10.8 Å². The zero-order valence-electron chi connectivity index (χ0n) is 9.03. The van der Waals surface area contributed by atoms with Crippen molar-refractivity contribution in [2.75, 3.05) is 5.32 Å². The number of aromatic hydroxyl groups is 1. The van der Waals surface area contributed by atoms with E-state index in [-0.39, 0.29) is 11.7 Å². The van der Waals surface area contributed by atoms with Gasteiger partial charge in [-0.05, 0) is 11.5 Å². The zero-order chi connectivity index (χ0) is 11.5. The molecular weight excluding hydrogens is 202 g/mol. The first-order chi connectivity index (χ1) is 7.72. The minimum absolute atomic E-state index is 0.106. The Labute approximate surface area is 93.7 Å². The molecule has 2 aromatic carbocycles. The number of phenolic OH excluding ortho intramolecular Hbond substituents is 1. The van der Waals surface area contributed by atoms with E-state index in [9.17, 15) is 9.90 Å². The van der Waals surface area contributed by atoms with Crippen molar-refractivity contribution in [3.05, 3.63) is 36.4 Å². The smallest absolute Gasteiger partial charge is 0.224 e. The van der Waals surface area contributed by atoms with Gasteiger partial charge in [-0.1, -0.05) is 37.3 Å². The van der Waals surface area contributed by atoms with Gasteiger partial charge in [0.15, 0.2) is 0 Å². The average Bonchev–Trinajstić information content (AvgIpc) is 2.33. The van der Waals surface area contributed by atoms with Crippen LogP contribution in [0.15, 0.2) is 36.4 Å². The fourth-order valence-electron chi connectivity index (χ4n) is 1.59. The van der Waals surface area contributed by atoms with E-state index >= 15 is 0 Å². The second-order valence-corrected chi connectivity index (χ2v) is 3.58. The minimum Gasteiger partial charge on any atom is -0.505 e. The molecule has 2 N–H and O–H groups in total. The Morgan fingerprint density at radius 3 is 2.75 bits per heavy atom. The number of hydrogen-bond donors (Lipinski definition) is 2. The number of amides is 1. The van der Waals surface area contributed by atoms with Gasteiger partial charge < -0.3 is 10.4 Å². The number of fused-ring (bicyclic) bond motifs is 1. The lowest BCUT2D eigenvalue weighted by atomic mass is 10.1. The molecule has 0 heterocycles. The molecule has 3 nitrogen and oxygen atoms in total. The molecule has 0 aliphatic rings. The molecule has 82 valence electrons. The molecule has 1 amide bonds. The second-order valence-electron chi connectivity index (χ2n) is 3.58. The molecule has 0 radical (unpaired) electrons. The van der Waals surface area contributed by atoms with Crippen LogP contribution in [0.25, 0.3) is 10.8 Å². The quantitative estimate of drug-likeness (QED) is 0.757. The van der Waals surface area contributed by atoms with E-state index in [4.69, 9.17) is 0 Å². The van der Waals surface area contributed by atoms with Crippen molar-refractivity contribution < 1.29 is 9.90 Å². The van der Waals surface area contributed by atoms with E-state index in [1.807, 2.05) is 30.3 Å². The summed E-state index contributed by atoms with van der Waals surface area (Å²) in [5.41, 5.74) is 0.463. The van der Waals surface area contributed by atoms with Crippen molar-refractivity contribution >= 4 is 22.4 Å². The molecule has 2 rings (SSSR count). The van der Waals surface area contributed by atoms with Crippen LogP contribution in [-0.2, 0) is 4.79 Å². The van der Waals surface area contributed by atoms with E-state index in [2.05, 4.69) is 5.32 Å². The van der Waals surface area contributed by atoms with Crippen LogP contribution in [0.1, 0.15) is 13.3 Å². The second kappa shape index (κ2) is 4.23. The number of anilines is 1. The molecule has 16 heavy (non-hydrogen) atoms. The predicted octanol–water partition coefficient (Wildman–Crippen LogP) is 2.89.